The Balaban J connectivity index is 2.80. The normalized spacial score (nSPS) is 30.0. The molecular formula is C18H36N2O. The molecule has 0 radical (unpaired) electrons. The second kappa shape index (κ2) is 5.91. The van der Waals surface area contributed by atoms with Crippen molar-refractivity contribution in [3.63, 3.8) is 0 Å². The summed E-state index contributed by atoms with van der Waals surface area (Å²) in [5.74, 6) is 0.632. The third-order valence-electron chi connectivity index (χ3n) is 5.25. The lowest BCUT2D eigenvalue weighted by molar-refractivity contribution is -0.134. The van der Waals surface area contributed by atoms with E-state index < -0.39 is 0 Å². The first-order chi connectivity index (χ1) is 9.26. The highest BCUT2D eigenvalue weighted by Crippen LogP contribution is 2.44. The number of rotatable bonds is 3. The van der Waals surface area contributed by atoms with Gasteiger partial charge in [0.25, 0.3) is 0 Å². The minimum atomic E-state index is -0.172. The SMILES string of the molecule is CC1C(N)CCC(C(=O)NC(C)(C)CC(C)(C)C)C1(C)C. The molecule has 21 heavy (non-hydrogen) atoms. The van der Waals surface area contributed by atoms with E-state index in [1.54, 1.807) is 0 Å². The van der Waals surface area contributed by atoms with Gasteiger partial charge in [-0.05, 0) is 49.9 Å². The first kappa shape index (κ1) is 18.5. The van der Waals surface area contributed by atoms with Gasteiger partial charge in [-0.15, -0.1) is 0 Å². The maximum atomic E-state index is 12.8. The largest absolute Gasteiger partial charge is 0.351 e. The van der Waals surface area contributed by atoms with Crippen LogP contribution in [0.4, 0.5) is 0 Å². The van der Waals surface area contributed by atoms with Crippen LogP contribution in [0.1, 0.15) is 74.7 Å². The molecule has 1 fully saturated rings. The van der Waals surface area contributed by atoms with E-state index in [1.165, 1.54) is 0 Å². The zero-order chi connectivity index (χ0) is 16.6. The molecule has 1 rings (SSSR count). The van der Waals surface area contributed by atoms with E-state index >= 15 is 0 Å². The summed E-state index contributed by atoms with van der Waals surface area (Å²) in [4.78, 5) is 12.8. The van der Waals surface area contributed by atoms with E-state index in [0.717, 1.165) is 19.3 Å². The highest BCUT2D eigenvalue weighted by atomic mass is 16.2. The van der Waals surface area contributed by atoms with Crippen LogP contribution in [0.5, 0.6) is 0 Å². The molecule has 3 nitrogen and oxygen atoms in total. The van der Waals surface area contributed by atoms with Crippen molar-refractivity contribution in [1.29, 1.82) is 0 Å². The van der Waals surface area contributed by atoms with Crippen molar-refractivity contribution in [2.45, 2.75) is 86.2 Å². The number of nitrogens with one attached hydrogen (secondary N) is 1. The first-order valence-electron chi connectivity index (χ1n) is 8.34. The Hall–Kier alpha value is -0.570. The average Bonchev–Trinajstić information content (AvgIpc) is 2.21. The van der Waals surface area contributed by atoms with Crippen molar-refractivity contribution in [2.24, 2.45) is 28.4 Å². The zero-order valence-corrected chi connectivity index (χ0v) is 15.3. The van der Waals surface area contributed by atoms with Crippen molar-refractivity contribution < 1.29 is 4.79 Å². The fraction of sp³-hybridized carbons (Fsp3) is 0.944. The summed E-state index contributed by atoms with van der Waals surface area (Å²) in [5.41, 5.74) is 6.18. The number of amides is 1. The van der Waals surface area contributed by atoms with Gasteiger partial charge in [-0.1, -0.05) is 41.5 Å². The molecule has 1 aliphatic rings. The van der Waals surface area contributed by atoms with Crippen LogP contribution in [0.3, 0.4) is 0 Å². The maximum Gasteiger partial charge on any atom is 0.224 e. The van der Waals surface area contributed by atoms with Gasteiger partial charge in [0.05, 0.1) is 0 Å². The molecule has 0 aromatic carbocycles. The van der Waals surface area contributed by atoms with Gasteiger partial charge in [-0.25, -0.2) is 0 Å². The van der Waals surface area contributed by atoms with Gasteiger partial charge in [0.15, 0.2) is 0 Å². The third-order valence-corrected chi connectivity index (χ3v) is 5.25. The van der Waals surface area contributed by atoms with E-state index in [9.17, 15) is 4.79 Å². The van der Waals surface area contributed by atoms with Gasteiger partial charge >= 0.3 is 0 Å². The molecule has 1 aliphatic carbocycles. The van der Waals surface area contributed by atoms with E-state index in [0.29, 0.717) is 5.92 Å². The molecule has 3 heteroatoms. The summed E-state index contributed by atoms with van der Waals surface area (Å²) >= 11 is 0. The minimum absolute atomic E-state index is 0.0421. The second-order valence-corrected chi connectivity index (χ2v) is 9.51. The summed E-state index contributed by atoms with van der Waals surface area (Å²) in [5, 5.41) is 3.29. The molecule has 0 saturated heterocycles. The van der Waals surface area contributed by atoms with Gasteiger partial charge in [0, 0.05) is 17.5 Å². The molecule has 0 heterocycles. The molecule has 3 N–H and O–H groups in total. The summed E-state index contributed by atoms with van der Waals surface area (Å²) in [6, 6.07) is 0.214. The molecule has 0 aliphatic heterocycles. The Labute approximate surface area is 131 Å². The van der Waals surface area contributed by atoms with Crippen LogP contribution in [-0.4, -0.2) is 17.5 Å². The van der Waals surface area contributed by atoms with Crippen molar-refractivity contribution in [2.75, 3.05) is 0 Å². The topological polar surface area (TPSA) is 55.1 Å². The smallest absolute Gasteiger partial charge is 0.224 e. The van der Waals surface area contributed by atoms with Gasteiger partial charge in [-0.2, -0.15) is 0 Å². The van der Waals surface area contributed by atoms with Crippen LogP contribution in [0.2, 0.25) is 0 Å². The van der Waals surface area contributed by atoms with Crippen molar-refractivity contribution in [3.05, 3.63) is 0 Å². The molecule has 0 aromatic heterocycles. The summed E-state index contributed by atoms with van der Waals surface area (Å²) in [6.45, 7) is 17.5. The van der Waals surface area contributed by atoms with Crippen LogP contribution in [0.15, 0.2) is 0 Å². The highest BCUT2D eigenvalue weighted by molar-refractivity contribution is 5.80. The van der Waals surface area contributed by atoms with Crippen molar-refractivity contribution in [1.82, 2.24) is 5.32 Å². The molecule has 3 atom stereocenters. The number of carbonyl (C=O) groups excluding carboxylic acids is 1. The lowest BCUT2D eigenvalue weighted by Crippen LogP contribution is -2.55. The van der Waals surface area contributed by atoms with Crippen LogP contribution in [0.25, 0.3) is 0 Å². The second-order valence-electron chi connectivity index (χ2n) is 9.51. The minimum Gasteiger partial charge on any atom is -0.351 e. The summed E-state index contributed by atoms with van der Waals surface area (Å²) in [6.07, 6.45) is 2.81. The van der Waals surface area contributed by atoms with Gasteiger partial charge in [-0.3, -0.25) is 4.79 Å². The van der Waals surface area contributed by atoms with Crippen LogP contribution in [-0.2, 0) is 4.79 Å². The van der Waals surface area contributed by atoms with Gasteiger partial charge < -0.3 is 11.1 Å². The highest BCUT2D eigenvalue weighted by Gasteiger charge is 2.45. The third kappa shape index (κ3) is 4.70. The van der Waals surface area contributed by atoms with E-state index in [-0.39, 0.29) is 34.2 Å². The Morgan fingerprint density at radius 2 is 1.71 bits per heavy atom. The molecule has 124 valence electrons. The molecule has 0 spiro atoms. The predicted octanol–water partition coefficient (Wildman–Crippen LogP) is 3.72. The fourth-order valence-corrected chi connectivity index (χ4v) is 4.11. The monoisotopic (exact) mass is 296 g/mol. The summed E-state index contributed by atoms with van der Waals surface area (Å²) < 4.78 is 0. The molecule has 3 unspecified atom stereocenters. The first-order valence-corrected chi connectivity index (χ1v) is 8.34. The zero-order valence-electron chi connectivity index (χ0n) is 15.3. The Morgan fingerprint density at radius 1 is 1.19 bits per heavy atom. The average molecular weight is 296 g/mol. The lowest BCUT2D eigenvalue weighted by Gasteiger charge is -2.47. The predicted molar refractivity (Wildman–Crippen MR) is 89.9 cm³/mol. The van der Waals surface area contributed by atoms with Crippen LogP contribution >= 0.6 is 0 Å². The number of hydrogen-bond donors (Lipinski definition) is 2. The summed E-state index contributed by atoms with van der Waals surface area (Å²) in [7, 11) is 0. The van der Waals surface area contributed by atoms with Crippen LogP contribution < -0.4 is 11.1 Å². The van der Waals surface area contributed by atoms with Crippen molar-refractivity contribution >= 4 is 5.91 Å². The quantitative estimate of drug-likeness (QED) is 0.834. The molecular weight excluding hydrogens is 260 g/mol. The Morgan fingerprint density at radius 3 is 2.19 bits per heavy atom. The van der Waals surface area contributed by atoms with E-state index in [1.807, 2.05) is 0 Å². The molecule has 1 saturated carbocycles. The maximum absolute atomic E-state index is 12.8. The molecule has 0 aromatic rings. The standard InChI is InChI=1S/C18H36N2O/c1-12-14(19)10-9-13(18(12,7)8)15(21)20-17(5,6)11-16(2,3)4/h12-14H,9-11,19H2,1-8H3,(H,20,21). The number of hydrogen-bond acceptors (Lipinski definition) is 2. The van der Waals surface area contributed by atoms with E-state index in [4.69, 9.17) is 5.73 Å². The Bertz CT molecular complexity index is 379. The lowest BCUT2D eigenvalue weighted by atomic mass is 9.60. The van der Waals surface area contributed by atoms with Crippen molar-refractivity contribution in [3.8, 4) is 0 Å². The molecule has 0 bridgehead atoms. The fourth-order valence-electron chi connectivity index (χ4n) is 4.11. The molecule has 1 amide bonds. The Kier molecular flexibility index (Phi) is 5.20. The number of carbonyl (C=O) groups is 1. The number of nitrogens with two attached hydrogens (primary N) is 1. The van der Waals surface area contributed by atoms with Gasteiger partial charge in [0.1, 0.15) is 0 Å². The van der Waals surface area contributed by atoms with Crippen LogP contribution in [0, 0.1) is 22.7 Å². The van der Waals surface area contributed by atoms with Gasteiger partial charge in [0.2, 0.25) is 5.91 Å². The van der Waals surface area contributed by atoms with E-state index in [2.05, 4.69) is 60.7 Å².